The summed E-state index contributed by atoms with van der Waals surface area (Å²) in [6, 6.07) is 10.5. The number of amides is 1. The van der Waals surface area contributed by atoms with Crippen LogP contribution >= 0.6 is 0 Å². The number of carbonyl (C=O) groups is 1. The zero-order valence-electron chi connectivity index (χ0n) is 19.7. The molecule has 1 saturated heterocycles. The van der Waals surface area contributed by atoms with Gasteiger partial charge in [-0.2, -0.15) is 10.2 Å². The second-order valence-corrected chi connectivity index (χ2v) is 8.12. The maximum absolute atomic E-state index is 15.1. The van der Waals surface area contributed by atoms with Gasteiger partial charge in [0.2, 0.25) is 11.9 Å². The summed E-state index contributed by atoms with van der Waals surface area (Å²) >= 11 is 0. The Hall–Kier alpha value is -4.39. The third kappa shape index (κ3) is 4.66. The molecule has 9 nitrogen and oxygen atoms in total. The van der Waals surface area contributed by atoms with E-state index in [1.165, 1.54) is 20.3 Å². The minimum Gasteiger partial charge on any atom is -0.493 e. The fourth-order valence-electron chi connectivity index (χ4n) is 4.06. The maximum atomic E-state index is 15.1. The summed E-state index contributed by atoms with van der Waals surface area (Å²) < 4.78 is 25.5. The topological polar surface area (TPSA) is 118 Å². The number of ether oxygens (including phenoxy) is 2. The molecule has 1 aliphatic heterocycles. The van der Waals surface area contributed by atoms with Crippen LogP contribution < -0.4 is 20.1 Å². The van der Waals surface area contributed by atoms with Gasteiger partial charge in [-0.15, -0.1) is 0 Å². The van der Waals surface area contributed by atoms with Crippen molar-refractivity contribution >= 4 is 34.7 Å². The van der Waals surface area contributed by atoms with Gasteiger partial charge < -0.3 is 25.0 Å². The number of methoxy groups -OCH3 is 2. The summed E-state index contributed by atoms with van der Waals surface area (Å²) in [5.74, 6) is -0.235. The van der Waals surface area contributed by atoms with Crippen LogP contribution in [0.5, 0.6) is 11.5 Å². The number of halogens is 1. The zero-order chi connectivity index (χ0) is 25.1. The minimum atomic E-state index is -0.674. The summed E-state index contributed by atoms with van der Waals surface area (Å²) in [6.45, 7) is 3.28. The molecule has 1 aliphatic rings. The highest BCUT2D eigenvalue weighted by Crippen LogP contribution is 2.37. The van der Waals surface area contributed by atoms with Crippen molar-refractivity contribution in [3.63, 3.8) is 0 Å². The number of hydrogen-bond donors (Lipinski definition) is 1. The van der Waals surface area contributed by atoms with Crippen LogP contribution in [0.25, 0.3) is 17.0 Å². The van der Waals surface area contributed by atoms with Crippen LogP contribution in [-0.4, -0.2) is 60.7 Å². The predicted molar refractivity (Wildman–Crippen MR) is 131 cm³/mol. The molecule has 2 aromatic carbocycles. The van der Waals surface area contributed by atoms with Gasteiger partial charge in [0.1, 0.15) is 11.3 Å². The number of nitrogens with two attached hydrogens (primary N) is 1. The van der Waals surface area contributed by atoms with E-state index < -0.39 is 5.82 Å². The first-order chi connectivity index (χ1) is 16.9. The standard InChI is InChI=1S/C25H25FN6O3/c1-15-14-31(20(33)9-8-16-4-6-17(13-27)7-5-16)10-11-32(15)25-29-22-18(24(28)30-25)12-19(34-2)23(35-3)21(22)26/h4-9,12,15H,10-11,14H2,1-3H3,(H2,28,29,30)/b9-8+/t15-/m0/s1. The molecule has 0 radical (unpaired) electrons. The lowest BCUT2D eigenvalue weighted by atomic mass is 10.1. The summed E-state index contributed by atoms with van der Waals surface area (Å²) in [5.41, 5.74) is 7.59. The molecule has 35 heavy (non-hydrogen) atoms. The van der Waals surface area contributed by atoms with Crippen LogP contribution in [-0.2, 0) is 4.79 Å². The first-order valence-electron chi connectivity index (χ1n) is 11.0. The number of aromatic nitrogens is 2. The summed E-state index contributed by atoms with van der Waals surface area (Å²) in [4.78, 5) is 25.2. The number of nitrogens with zero attached hydrogens (tertiary/aromatic N) is 5. The lowest BCUT2D eigenvalue weighted by Gasteiger charge is -2.39. The fraction of sp³-hybridized carbons (Fsp3) is 0.280. The third-order valence-electron chi connectivity index (χ3n) is 5.95. The van der Waals surface area contributed by atoms with Crippen molar-refractivity contribution in [1.29, 1.82) is 5.26 Å². The number of fused-ring (bicyclic) bond motifs is 1. The number of carbonyl (C=O) groups excluding carboxylic acids is 1. The van der Waals surface area contributed by atoms with Crippen molar-refractivity contribution in [2.45, 2.75) is 13.0 Å². The lowest BCUT2D eigenvalue weighted by molar-refractivity contribution is -0.126. The van der Waals surface area contributed by atoms with Gasteiger partial charge in [0.05, 0.1) is 25.9 Å². The first-order valence-corrected chi connectivity index (χ1v) is 11.0. The SMILES string of the molecule is COc1cc2c(N)nc(N3CCN(C(=O)/C=C/c4ccc(C#N)cc4)C[C@@H]3C)nc2c(F)c1OC. The van der Waals surface area contributed by atoms with Crippen LogP contribution in [0.15, 0.2) is 36.4 Å². The number of hydrogen-bond acceptors (Lipinski definition) is 8. The Morgan fingerprint density at radius 1 is 1.23 bits per heavy atom. The molecule has 10 heteroatoms. The number of benzene rings is 2. The molecule has 0 aliphatic carbocycles. The van der Waals surface area contributed by atoms with E-state index in [9.17, 15) is 4.79 Å². The highest BCUT2D eigenvalue weighted by Gasteiger charge is 2.29. The lowest BCUT2D eigenvalue weighted by Crippen LogP contribution is -2.54. The molecule has 4 rings (SSSR count). The Kier molecular flexibility index (Phi) is 6.68. The average Bonchev–Trinajstić information content (AvgIpc) is 2.87. The first kappa shape index (κ1) is 23.8. The number of nitrogen functional groups attached to an aromatic ring is 1. The fourth-order valence-corrected chi connectivity index (χ4v) is 4.06. The van der Waals surface area contributed by atoms with Crippen molar-refractivity contribution in [3.05, 3.63) is 53.4 Å². The molecule has 0 spiro atoms. The molecule has 2 N–H and O–H groups in total. The van der Waals surface area contributed by atoms with Gasteiger partial charge in [-0.25, -0.2) is 9.37 Å². The Morgan fingerprint density at radius 3 is 2.60 bits per heavy atom. The quantitative estimate of drug-likeness (QED) is 0.559. The Bertz CT molecular complexity index is 1340. The van der Waals surface area contributed by atoms with Gasteiger partial charge in [-0.05, 0) is 36.8 Å². The van der Waals surface area contributed by atoms with Gasteiger partial charge in [-0.3, -0.25) is 4.79 Å². The molecule has 0 unspecified atom stereocenters. The zero-order valence-corrected chi connectivity index (χ0v) is 19.7. The maximum Gasteiger partial charge on any atom is 0.246 e. The minimum absolute atomic E-state index is 0.0428. The van der Waals surface area contributed by atoms with E-state index in [1.54, 1.807) is 41.3 Å². The second kappa shape index (κ2) is 9.85. The largest absolute Gasteiger partial charge is 0.493 e. The number of piperazine rings is 1. The van der Waals surface area contributed by atoms with Gasteiger partial charge >= 0.3 is 0 Å². The van der Waals surface area contributed by atoms with E-state index in [0.29, 0.717) is 30.6 Å². The Morgan fingerprint density at radius 2 is 1.97 bits per heavy atom. The Balaban J connectivity index is 1.52. The molecule has 0 bridgehead atoms. The second-order valence-electron chi connectivity index (χ2n) is 8.12. The van der Waals surface area contributed by atoms with E-state index in [0.717, 1.165) is 5.56 Å². The van der Waals surface area contributed by atoms with Crippen molar-refractivity contribution in [3.8, 4) is 17.6 Å². The Labute approximate surface area is 202 Å². The molecule has 1 amide bonds. The van der Waals surface area contributed by atoms with Crippen molar-refractivity contribution < 1.29 is 18.7 Å². The summed E-state index contributed by atoms with van der Waals surface area (Å²) in [6.07, 6.45) is 3.24. The molecule has 0 saturated carbocycles. The molecule has 1 fully saturated rings. The smallest absolute Gasteiger partial charge is 0.246 e. The van der Waals surface area contributed by atoms with Crippen LogP contribution in [0.4, 0.5) is 16.2 Å². The molecular weight excluding hydrogens is 451 g/mol. The van der Waals surface area contributed by atoms with Crippen molar-refractivity contribution in [1.82, 2.24) is 14.9 Å². The molecule has 1 aromatic heterocycles. The van der Waals surface area contributed by atoms with Gasteiger partial charge in [0.25, 0.3) is 0 Å². The van der Waals surface area contributed by atoms with Gasteiger partial charge in [-0.1, -0.05) is 12.1 Å². The van der Waals surface area contributed by atoms with E-state index in [2.05, 4.69) is 16.0 Å². The predicted octanol–water partition coefficient (Wildman–Crippen LogP) is 2.99. The van der Waals surface area contributed by atoms with E-state index in [4.69, 9.17) is 20.5 Å². The van der Waals surface area contributed by atoms with Crippen LogP contribution in [0, 0.1) is 17.1 Å². The van der Waals surface area contributed by atoms with Crippen molar-refractivity contribution in [2.24, 2.45) is 0 Å². The molecular formula is C25H25FN6O3. The van der Waals surface area contributed by atoms with E-state index in [1.807, 2.05) is 11.8 Å². The normalized spacial score (nSPS) is 15.9. The van der Waals surface area contributed by atoms with E-state index >= 15 is 4.39 Å². The summed E-state index contributed by atoms with van der Waals surface area (Å²) in [7, 11) is 2.77. The number of nitriles is 1. The number of rotatable bonds is 5. The highest BCUT2D eigenvalue weighted by molar-refractivity contribution is 5.93. The highest BCUT2D eigenvalue weighted by atomic mass is 19.1. The average molecular weight is 477 g/mol. The monoisotopic (exact) mass is 476 g/mol. The molecule has 1 atom stereocenters. The third-order valence-corrected chi connectivity index (χ3v) is 5.95. The van der Waals surface area contributed by atoms with Crippen LogP contribution in [0.2, 0.25) is 0 Å². The van der Waals surface area contributed by atoms with Gasteiger partial charge in [0, 0.05) is 37.1 Å². The summed E-state index contributed by atoms with van der Waals surface area (Å²) in [5, 5.41) is 9.22. The molecule has 180 valence electrons. The van der Waals surface area contributed by atoms with E-state index in [-0.39, 0.29) is 40.7 Å². The number of anilines is 2. The molecule has 3 aromatic rings. The molecule has 2 heterocycles. The van der Waals surface area contributed by atoms with Crippen molar-refractivity contribution in [2.75, 3.05) is 44.5 Å². The van der Waals surface area contributed by atoms with Gasteiger partial charge in [0.15, 0.2) is 17.3 Å². The van der Waals surface area contributed by atoms with Crippen LogP contribution in [0.1, 0.15) is 18.1 Å². The van der Waals surface area contributed by atoms with Crippen LogP contribution in [0.3, 0.4) is 0 Å².